The van der Waals surface area contributed by atoms with Crippen LogP contribution in [0.2, 0.25) is 0 Å². The van der Waals surface area contributed by atoms with Crippen LogP contribution in [-0.4, -0.2) is 23.8 Å². The van der Waals surface area contributed by atoms with Gasteiger partial charge in [-0.05, 0) is 37.0 Å². The van der Waals surface area contributed by atoms with Crippen molar-refractivity contribution in [3.63, 3.8) is 0 Å². The van der Waals surface area contributed by atoms with Crippen molar-refractivity contribution in [1.82, 2.24) is 4.90 Å². The molecular weight excluding hydrogens is 210 g/mol. The molecule has 4 rings (SSSR count). The normalized spacial score (nSPS) is 22.5. The molecule has 3 aliphatic heterocycles. The van der Waals surface area contributed by atoms with E-state index in [1.54, 1.807) is 0 Å². The summed E-state index contributed by atoms with van der Waals surface area (Å²) in [7, 11) is 0. The number of allylic oxidation sites excluding steroid dienone is 1. The molecule has 0 aliphatic carbocycles. The van der Waals surface area contributed by atoms with Crippen molar-refractivity contribution < 1.29 is 4.79 Å². The Morgan fingerprint density at radius 1 is 1.24 bits per heavy atom. The number of ketones is 1. The average molecular weight is 227 g/mol. The topological polar surface area (TPSA) is 20.3 Å². The van der Waals surface area contributed by atoms with Gasteiger partial charge in [-0.2, -0.15) is 0 Å². The number of hydrogen-bond acceptors (Lipinski definition) is 2. The molecule has 0 N–H and O–H groups in total. The van der Waals surface area contributed by atoms with E-state index in [-0.39, 0.29) is 5.92 Å². The third-order valence-electron chi connectivity index (χ3n) is 3.94. The fraction of sp³-hybridized carbons (Fsp3) is 0.400. The molecule has 0 atom stereocenters. The maximum atomic E-state index is 12.2. The van der Waals surface area contributed by atoms with Gasteiger partial charge in [-0.1, -0.05) is 24.3 Å². The molecule has 3 heterocycles. The standard InChI is InChI=1S/C15H17NO/c1-11-4-2-3-5-13(11)10-14-15(17)12-6-8-16(14)9-7-12/h2-5,10,12H,6-9H2,1H3/b14-10-. The summed E-state index contributed by atoms with van der Waals surface area (Å²) in [4.78, 5) is 14.4. The minimum atomic E-state index is 0.287. The largest absolute Gasteiger partial charge is 0.369 e. The number of aryl methyl sites for hydroxylation is 1. The molecular formula is C15H17NO. The highest BCUT2D eigenvalue weighted by molar-refractivity contribution is 6.02. The lowest BCUT2D eigenvalue weighted by molar-refractivity contribution is -0.125. The van der Waals surface area contributed by atoms with Crippen LogP contribution in [0.3, 0.4) is 0 Å². The molecule has 0 spiro atoms. The zero-order chi connectivity index (χ0) is 11.8. The molecule has 0 amide bonds. The van der Waals surface area contributed by atoms with Gasteiger partial charge in [-0.3, -0.25) is 4.79 Å². The number of Topliss-reactive ketones (excluding diaryl/α,β-unsaturated/α-hetero) is 1. The monoisotopic (exact) mass is 227 g/mol. The van der Waals surface area contributed by atoms with Crippen LogP contribution < -0.4 is 0 Å². The van der Waals surface area contributed by atoms with Crippen LogP contribution in [0.5, 0.6) is 0 Å². The van der Waals surface area contributed by atoms with E-state index in [1.807, 2.05) is 12.1 Å². The van der Waals surface area contributed by atoms with E-state index in [9.17, 15) is 4.79 Å². The summed E-state index contributed by atoms with van der Waals surface area (Å²) in [6, 6.07) is 8.24. The molecule has 2 bridgehead atoms. The number of fused-ring (bicyclic) bond motifs is 3. The third-order valence-corrected chi connectivity index (χ3v) is 3.94. The number of hydrogen-bond donors (Lipinski definition) is 0. The van der Waals surface area contributed by atoms with Gasteiger partial charge in [-0.15, -0.1) is 0 Å². The number of carbonyl (C=O) groups excluding carboxylic acids is 1. The molecule has 1 aromatic carbocycles. The first-order chi connectivity index (χ1) is 8.25. The summed E-state index contributed by atoms with van der Waals surface area (Å²) in [6.07, 6.45) is 4.16. The SMILES string of the molecule is Cc1ccccc1/C=C1/C(=O)C2CCN1CC2. The number of benzene rings is 1. The smallest absolute Gasteiger partial charge is 0.182 e. The number of rotatable bonds is 1. The minimum absolute atomic E-state index is 0.287. The highest BCUT2D eigenvalue weighted by Crippen LogP contribution is 2.32. The Labute approximate surface area is 102 Å². The first kappa shape index (κ1) is 10.6. The Bertz CT molecular complexity index is 481. The van der Waals surface area contributed by atoms with Crippen LogP contribution >= 0.6 is 0 Å². The Hall–Kier alpha value is -1.57. The van der Waals surface area contributed by atoms with Crippen LogP contribution in [0.1, 0.15) is 24.0 Å². The summed E-state index contributed by atoms with van der Waals surface area (Å²) in [5.41, 5.74) is 3.33. The molecule has 0 unspecified atom stereocenters. The summed E-state index contributed by atoms with van der Waals surface area (Å²) >= 11 is 0. The Morgan fingerprint density at radius 3 is 2.59 bits per heavy atom. The van der Waals surface area contributed by atoms with Crippen molar-refractivity contribution >= 4 is 11.9 Å². The number of carbonyl (C=O) groups is 1. The van der Waals surface area contributed by atoms with Gasteiger partial charge in [0.25, 0.3) is 0 Å². The lowest BCUT2D eigenvalue weighted by Crippen LogP contribution is -2.45. The molecule has 3 aliphatic rings. The van der Waals surface area contributed by atoms with E-state index in [1.165, 1.54) is 11.1 Å². The lowest BCUT2D eigenvalue weighted by atomic mass is 9.84. The van der Waals surface area contributed by atoms with Crippen molar-refractivity contribution in [1.29, 1.82) is 0 Å². The third kappa shape index (κ3) is 1.78. The van der Waals surface area contributed by atoms with E-state index in [0.29, 0.717) is 5.78 Å². The molecule has 1 aromatic rings. The van der Waals surface area contributed by atoms with Crippen LogP contribution in [-0.2, 0) is 4.79 Å². The molecule has 3 saturated heterocycles. The van der Waals surface area contributed by atoms with Gasteiger partial charge in [0.05, 0.1) is 5.70 Å². The van der Waals surface area contributed by atoms with E-state index in [4.69, 9.17) is 0 Å². The molecule has 17 heavy (non-hydrogen) atoms. The van der Waals surface area contributed by atoms with Gasteiger partial charge in [-0.25, -0.2) is 0 Å². The number of nitrogens with zero attached hydrogens (tertiary/aromatic N) is 1. The van der Waals surface area contributed by atoms with Crippen LogP contribution in [0.15, 0.2) is 30.0 Å². The molecule has 88 valence electrons. The molecule has 3 fully saturated rings. The van der Waals surface area contributed by atoms with Gasteiger partial charge in [0, 0.05) is 19.0 Å². The fourth-order valence-electron chi connectivity index (χ4n) is 2.81. The highest BCUT2D eigenvalue weighted by atomic mass is 16.1. The molecule has 2 heteroatoms. The summed E-state index contributed by atoms with van der Waals surface area (Å²) < 4.78 is 0. The van der Waals surface area contributed by atoms with Gasteiger partial charge >= 0.3 is 0 Å². The van der Waals surface area contributed by atoms with Crippen molar-refractivity contribution in [2.45, 2.75) is 19.8 Å². The van der Waals surface area contributed by atoms with Crippen molar-refractivity contribution in [3.8, 4) is 0 Å². The maximum Gasteiger partial charge on any atom is 0.182 e. The average Bonchev–Trinajstić information content (AvgIpc) is 2.36. The second-order valence-corrected chi connectivity index (χ2v) is 5.01. The maximum absolute atomic E-state index is 12.2. The van der Waals surface area contributed by atoms with Gasteiger partial charge < -0.3 is 4.90 Å². The van der Waals surface area contributed by atoms with Crippen molar-refractivity contribution in [2.75, 3.05) is 13.1 Å². The quantitative estimate of drug-likeness (QED) is 0.687. The zero-order valence-electron chi connectivity index (χ0n) is 10.1. The van der Waals surface area contributed by atoms with Gasteiger partial charge in [0.1, 0.15) is 0 Å². The lowest BCUT2D eigenvalue weighted by Gasteiger charge is -2.41. The first-order valence-electron chi connectivity index (χ1n) is 6.32. The van der Waals surface area contributed by atoms with E-state index < -0.39 is 0 Å². The van der Waals surface area contributed by atoms with Crippen LogP contribution in [0.4, 0.5) is 0 Å². The summed E-state index contributed by atoms with van der Waals surface area (Å²) in [5.74, 6) is 0.640. The molecule has 0 saturated carbocycles. The molecule has 2 nitrogen and oxygen atoms in total. The van der Waals surface area contributed by atoms with Crippen molar-refractivity contribution in [2.24, 2.45) is 5.92 Å². The van der Waals surface area contributed by atoms with Crippen molar-refractivity contribution in [3.05, 3.63) is 41.1 Å². The summed E-state index contributed by atoms with van der Waals surface area (Å²) in [5, 5.41) is 0. The Balaban J connectivity index is 1.99. The predicted molar refractivity (Wildman–Crippen MR) is 68.5 cm³/mol. The van der Waals surface area contributed by atoms with Gasteiger partial charge in [0.2, 0.25) is 0 Å². The predicted octanol–water partition coefficient (Wildman–Crippen LogP) is 2.63. The zero-order valence-corrected chi connectivity index (χ0v) is 10.1. The molecule has 0 radical (unpaired) electrons. The highest BCUT2D eigenvalue weighted by Gasteiger charge is 2.36. The van der Waals surface area contributed by atoms with E-state index in [2.05, 4.69) is 30.0 Å². The Morgan fingerprint density at radius 2 is 1.94 bits per heavy atom. The second-order valence-electron chi connectivity index (χ2n) is 5.01. The fourth-order valence-corrected chi connectivity index (χ4v) is 2.81. The van der Waals surface area contributed by atoms with E-state index in [0.717, 1.165) is 31.6 Å². The second kappa shape index (κ2) is 4.02. The minimum Gasteiger partial charge on any atom is -0.369 e. The number of piperidine rings is 3. The van der Waals surface area contributed by atoms with E-state index >= 15 is 0 Å². The summed E-state index contributed by atoms with van der Waals surface area (Å²) in [6.45, 7) is 4.19. The Kier molecular flexibility index (Phi) is 2.50. The van der Waals surface area contributed by atoms with Crippen LogP contribution in [0.25, 0.3) is 6.08 Å². The first-order valence-corrected chi connectivity index (χ1v) is 6.32. The van der Waals surface area contributed by atoms with Gasteiger partial charge in [0.15, 0.2) is 5.78 Å². The van der Waals surface area contributed by atoms with Crippen LogP contribution in [0, 0.1) is 12.8 Å². The molecule has 0 aromatic heterocycles.